The van der Waals surface area contributed by atoms with Crippen LogP contribution in [0, 0.1) is 6.92 Å². The smallest absolute Gasteiger partial charge is 0.263 e. The quantitative estimate of drug-likeness (QED) is 0.354. The van der Waals surface area contributed by atoms with E-state index < -0.39 is 11.7 Å². The van der Waals surface area contributed by atoms with E-state index in [0.717, 1.165) is 39.0 Å². The molecular formula is C34H45N3O4. The van der Waals surface area contributed by atoms with Crippen LogP contribution in [0.1, 0.15) is 70.2 Å². The van der Waals surface area contributed by atoms with Crippen LogP contribution in [0.15, 0.2) is 55.3 Å². The van der Waals surface area contributed by atoms with Gasteiger partial charge in [-0.05, 0) is 60.7 Å². The number of hydrogen-bond acceptors (Lipinski definition) is 5. The van der Waals surface area contributed by atoms with Gasteiger partial charge in [-0.15, -0.1) is 0 Å². The van der Waals surface area contributed by atoms with Gasteiger partial charge in [0.15, 0.2) is 6.10 Å². The fourth-order valence-corrected chi connectivity index (χ4v) is 4.72. The number of aromatic nitrogens is 2. The number of carbonyl (C=O) groups excluding carboxylic acids is 1. The predicted octanol–water partition coefficient (Wildman–Crippen LogP) is 7.42. The van der Waals surface area contributed by atoms with Crippen LogP contribution in [0.5, 0.6) is 11.6 Å². The molecule has 1 aromatic heterocycles. The monoisotopic (exact) mass is 559 g/mol. The third kappa shape index (κ3) is 7.09. The summed E-state index contributed by atoms with van der Waals surface area (Å²) in [6, 6.07) is 12.3. The lowest BCUT2D eigenvalue weighted by Crippen LogP contribution is -2.35. The molecule has 1 amide bonds. The highest BCUT2D eigenvalue weighted by molar-refractivity contribution is 5.84. The van der Waals surface area contributed by atoms with E-state index in [0.29, 0.717) is 37.7 Å². The van der Waals surface area contributed by atoms with Gasteiger partial charge < -0.3 is 19.1 Å². The number of ether oxygens (including phenoxy) is 3. The summed E-state index contributed by atoms with van der Waals surface area (Å²) >= 11 is 0. The molecule has 2 aromatic carbocycles. The summed E-state index contributed by atoms with van der Waals surface area (Å²) in [5.41, 5.74) is 6.22. The number of nitrogens with zero attached hydrogens (tertiary/aromatic N) is 2. The van der Waals surface area contributed by atoms with Crippen LogP contribution in [0.25, 0.3) is 22.8 Å². The molecule has 3 heterocycles. The Labute approximate surface area is 245 Å². The molecule has 2 aliphatic rings. The molecule has 5 rings (SSSR count). The molecule has 1 unspecified atom stereocenters. The lowest BCUT2D eigenvalue weighted by Gasteiger charge is -2.25. The number of rotatable bonds is 2. The van der Waals surface area contributed by atoms with Crippen molar-refractivity contribution in [1.29, 1.82) is 0 Å². The highest BCUT2D eigenvalue weighted by atomic mass is 16.5. The van der Waals surface area contributed by atoms with Crippen LogP contribution >= 0.6 is 0 Å². The second kappa shape index (κ2) is 14.2. The van der Waals surface area contributed by atoms with Crippen molar-refractivity contribution in [2.24, 2.45) is 0 Å². The number of carbonyl (C=O) groups is 1. The molecule has 1 saturated heterocycles. The summed E-state index contributed by atoms with van der Waals surface area (Å²) in [5.74, 6) is 1.20. The van der Waals surface area contributed by atoms with E-state index in [1.54, 1.807) is 18.2 Å². The molecule has 0 saturated carbocycles. The predicted molar refractivity (Wildman–Crippen MR) is 167 cm³/mol. The van der Waals surface area contributed by atoms with Crippen LogP contribution in [-0.4, -0.2) is 53.9 Å². The number of aromatic amines is 1. The number of amides is 1. The minimum Gasteiger partial charge on any atom is -0.480 e. The Morgan fingerprint density at radius 3 is 2.54 bits per heavy atom. The van der Waals surface area contributed by atoms with Gasteiger partial charge in [0.1, 0.15) is 12.4 Å². The molecule has 7 heteroatoms. The van der Waals surface area contributed by atoms with Crippen LogP contribution in [-0.2, 0) is 15.1 Å². The van der Waals surface area contributed by atoms with E-state index in [9.17, 15) is 4.79 Å². The zero-order valence-corrected chi connectivity index (χ0v) is 25.8. The van der Waals surface area contributed by atoms with Gasteiger partial charge in [0, 0.05) is 25.6 Å². The molecule has 0 spiro atoms. The Morgan fingerprint density at radius 1 is 1.05 bits per heavy atom. The largest absolute Gasteiger partial charge is 0.480 e. The summed E-state index contributed by atoms with van der Waals surface area (Å²) < 4.78 is 18.1. The Balaban J connectivity index is 0.00000111. The Morgan fingerprint density at radius 2 is 1.80 bits per heavy atom. The molecule has 4 bridgehead atoms. The van der Waals surface area contributed by atoms with Gasteiger partial charge in [0.25, 0.3) is 5.91 Å². The van der Waals surface area contributed by atoms with E-state index in [1.165, 1.54) is 0 Å². The van der Waals surface area contributed by atoms with E-state index in [4.69, 9.17) is 14.2 Å². The van der Waals surface area contributed by atoms with Crippen LogP contribution in [0.3, 0.4) is 0 Å². The van der Waals surface area contributed by atoms with Gasteiger partial charge in [-0.2, -0.15) is 5.10 Å². The zero-order valence-electron chi connectivity index (χ0n) is 25.8. The third-order valence-electron chi connectivity index (χ3n) is 7.31. The number of methoxy groups -OCH3 is 1. The van der Waals surface area contributed by atoms with E-state index in [1.807, 2.05) is 71.9 Å². The maximum atomic E-state index is 13.2. The first-order valence-electron chi connectivity index (χ1n) is 14.6. The van der Waals surface area contributed by atoms with Crippen LogP contribution in [0.4, 0.5) is 0 Å². The lowest BCUT2D eigenvalue weighted by atomic mass is 9.94. The number of allylic oxidation sites excluding steroid dienone is 2. The zero-order chi connectivity index (χ0) is 30.2. The molecule has 220 valence electrons. The van der Waals surface area contributed by atoms with Crippen molar-refractivity contribution in [2.45, 2.75) is 66.6 Å². The van der Waals surface area contributed by atoms with Gasteiger partial charge in [0.2, 0.25) is 5.88 Å². The summed E-state index contributed by atoms with van der Waals surface area (Å²) in [4.78, 5) is 15.0. The number of fused-ring (bicyclic) bond motifs is 7. The normalized spacial score (nSPS) is 17.4. The van der Waals surface area contributed by atoms with E-state index in [2.05, 4.69) is 41.9 Å². The van der Waals surface area contributed by atoms with Gasteiger partial charge >= 0.3 is 0 Å². The third-order valence-corrected chi connectivity index (χ3v) is 7.31. The molecule has 0 aliphatic carbocycles. The van der Waals surface area contributed by atoms with Crippen molar-refractivity contribution in [2.75, 3.05) is 26.8 Å². The minimum absolute atomic E-state index is 0.0317. The number of benzene rings is 2. The van der Waals surface area contributed by atoms with Gasteiger partial charge in [0.05, 0.1) is 23.9 Å². The van der Waals surface area contributed by atoms with Crippen molar-refractivity contribution < 1.29 is 19.0 Å². The SMILES string of the molecule is C=C1/C=C/c2ccc(C(C)(C)OC)cc2OC2CCN(CCOc3[nH]ncc3-c3ccc(C)c1c3)C2=O.CC.CC. The lowest BCUT2D eigenvalue weighted by molar-refractivity contribution is -0.133. The fourth-order valence-electron chi connectivity index (χ4n) is 4.72. The molecule has 0 radical (unpaired) electrons. The minimum atomic E-state index is -0.549. The summed E-state index contributed by atoms with van der Waals surface area (Å²) in [5, 5.41) is 7.14. The van der Waals surface area contributed by atoms with E-state index in [-0.39, 0.29) is 5.91 Å². The highest BCUT2D eigenvalue weighted by Crippen LogP contribution is 2.34. The number of H-pyrrole nitrogens is 1. The summed E-state index contributed by atoms with van der Waals surface area (Å²) in [6.45, 7) is 19.9. The maximum absolute atomic E-state index is 13.2. The standard InChI is InChI=1S/C30H33N3O4.2C2H6/c1-19-6-8-21-10-11-23(30(3,4)35-5)17-27(21)37-26-12-13-33(29(26)34)14-15-36-28-25(18-31-32-28)22-9-7-20(2)24(19)16-22;2*1-2/h6-11,16-18,26H,1,12-15H2,2-5H3,(H,31,32);2*1-2H3/b8-6+;;. The van der Waals surface area contributed by atoms with Crippen molar-refractivity contribution in [3.63, 3.8) is 0 Å². The molecule has 1 atom stereocenters. The first-order valence-corrected chi connectivity index (χ1v) is 14.6. The molecule has 2 aliphatic heterocycles. The average Bonchev–Trinajstić information content (AvgIpc) is 3.60. The van der Waals surface area contributed by atoms with Crippen molar-refractivity contribution >= 4 is 17.6 Å². The van der Waals surface area contributed by atoms with Crippen LogP contribution in [0.2, 0.25) is 0 Å². The summed E-state index contributed by atoms with van der Waals surface area (Å²) in [7, 11) is 1.69. The molecular weight excluding hydrogens is 514 g/mol. The van der Waals surface area contributed by atoms with Gasteiger partial charge in [-0.25, -0.2) is 5.10 Å². The van der Waals surface area contributed by atoms with Crippen molar-refractivity contribution in [3.8, 4) is 22.8 Å². The highest BCUT2D eigenvalue weighted by Gasteiger charge is 2.34. The molecule has 1 N–H and O–H groups in total. The fraction of sp³-hybridized carbons (Fsp3) is 0.412. The Hall–Kier alpha value is -3.84. The number of hydrogen-bond donors (Lipinski definition) is 1. The van der Waals surface area contributed by atoms with Crippen molar-refractivity contribution in [1.82, 2.24) is 15.1 Å². The summed E-state index contributed by atoms with van der Waals surface area (Å²) in [6.07, 6.45) is 5.81. The van der Waals surface area contributed by atoms with Crippen LogP contribution < -0.4 is 9.47 Å². The topological polar surface area (TPSA) is 76.7 Å². The maximum Gasteiger partial charge on any atom is 0.263 e. The van der Waals surface area contributed by atoms with Gasteiger partial charge in [-0.3, -0.25) is 4.79 Å². The Bertz CT molecular complexity index is 1370. The van der Waals surface area contributed by atoms with Crippen molar-refractivity contribution in [3.05, 3.63) is 77.5 Å². The number of nitrogens with one attached hydrogen (secondary N) is 1. The van der Waals surface area contributed by atoms with Gasteiger partial charge in [-0.1, -0.05) is 70.7 Å². The average molecular weight is 560 g/mol. The molecule has 1 fully saturated rings. The number of aryl methyl sites for hydroxylation is 1. The first kappa shape index (κ1) is 31.7. The van der Waals surface area contributed by atoms with E-state index >= 15 is 0 Å². The second-order valence-electron chi connectivity index (χ2n) is 10.0. The molecule has 3 aromatic rings. The molecule has 7 nitrogen and oxygen atoms in total. The second-order valence-corrected chi connectivity index (χ2v) is 10.0. The first-order chi connectivity index (χ1) is 19.8. The Kier molecular flexibility index (Phi) is 11.0. The molecule has 41 heavy (non-hydrogen) atoms.